The Bertz CT molecular complexity index is 3470. The van der Waals surface area contributed by atoms with Crippen LogP contribution in [0.15, 0.2) is 140 Å². The number of amides is 7. The zero-order chi connectivity index (χ0) is 82.9. The first kappa shape index (κ1) is 96.8. The summed E-state index contributed by atoms with van der Waals surface area (Å²) in [4.78, 5) is 107. The predicted molar refractivity (Wildman–Crippen MR) is 472 cm³/mol. The largest absolute Gasteiger partial charge is 0.493 e. The molecule has 116 heavy (non-hydrogen) atoms. The van der Waals surface area contributed by atoms with Crippen LogP contribution in [-0.2, 0) is 70.5 Å². The lowest BCUT2D eigenvalue weighted by molar-refractivity contribution is -0.141. The van der Waals surface area contributed by atoms with Crippen molar-refractivity contribution in [2.45, 2.75) is 373 Å². The normalized spacial score (nSPS) is 17.3. The number of unbranched alkanes of at least 4 members (excludes halogenated alkanes) is 38. The predicted octanol–water partition coefficient (Wildman–Crippen LogP) is 20.1. The summed E-state index contributed by atoms with van der Waals surface area (Å²) in [5.41, 5.74) is 2.60. The van der Waals surface area contributed by atoms with E-state index in [-0.39, 0.29) is 32.2 Å². The van der Waals surface area contributed by atoms with Gasteiger partial charge in [-0.25, -0.2) is 0 Å². The first-order valence-corrected chi connectivity index (χ1v) is 45.8. The van der Waals surface area contributed by atoms with Crippen LogP contribution in [0.1, 0.15) is 326 Å². The van der Waals surface area contributed by atoms with E-state index in [1.807, 2.05) is 160 Å². The van der Waals surface area contributed by atoms with E-state index in [4.69, 9.17) is 14.2 Å². The molecule has 0 unspecified atom stereocenters. The van der Waals surface area contributed by atoms with Crippen LogP contribution in [0.3, 0.4) is 0 Å². The van der Waals surface area contributed by atoms with Crippen molar-refractivity contribution in [1.29, 1.82) is 0 Å². The van der Waals surface area contributed by atoms with Crippen molar-refractivity contribution in [3.63, 3.8) is 0 Å². The third kappa shape index (κ3) is 42.9. The molecule has 5 aromatic rings. The standard InChI is InChI=1S/C99H151N7O10/c1-7-9-11-13-15-17-19-21-23-25-27-29-31-33-35-37-39-41-43-57-69-114-85-68-67-84(90(75-85)115-70-58-44-42-40-38-36-34-32-30-28-26-24-22-20-18-16-14-12-10-8-2)77-106-78-92(108)101-87(72-81-61-51-46-52-62-81)95(110)102-86(71-80-59-49-45-50-60-80)94(109)100-76-91(107)105-93(79(3)116-99(4,5)6)97(112)103-88(73-82-63-53-47-54-64-82)96(111)104-89(98(106)113)74-83-65-55-48-56-66-83/h45-56,59-68,75,79,86-89,93H,7-44,57-58,69-74,76-78H2,1-6H3,(H,100,109)(H,101,108)(H,102,110)(H,103,112)(H,104,111)(H,105,107)/t79-,86+,87+,88+,89+,93+/m1/s1. The Labute approximate surface area is 699 Å². The summed E-state index contributed by atoms with van der Waals surface area (Å²) in [7, 11) is 0. The highest BCUT2D eigenvalue weighted by Crippen LogP contribution is 2.29. The molecule has 0 spiro atoms. The Kier molecular flexibility index (Phi) is 49.7. The lowest BCUT2D eigenvalue weighted by Crippen LogP contribution is -2.61. The van der Waals surface area contributed by atoms with E-state index in [9.17, 15) is 9.59 Å². The maximum Gasteiger partial charge on any atom is 0.246 e. The molecule has 0 aliphatic carbocycles. The third-order valence-electron chi connectivity index (χ3n) is 22.3. The molecule has 1 heterocycles. The van der Waals surface area contributed by atoms with Crippen molar-refractivity contribution in [2.75, 3.05) is 26.3 Å². The van der Waals surface area contributed by atoms with Crippen LogP contribution in [0.25, 0.3) is 0 Å². The minimum absolute atomic E-state index is 0.000303. The van der Waals surface area contributed by atoms with Crippen molar-refractivity contribution < 1.29 is 47.8 Å². The highest BCUT2D eigenvalue weighted by molar-refractivity contribution is 5.98. The topological polar surface area (TPSA) is 223 Å². The van der Waals surface area contributed by atoms with Crippen LogP contribution in [0.2, 0.25) is 0 Å². The highest BCUT2D eigenvalue weighted by Gasteiger charge is 2.37. The molecule has 0 bridgehead atoms. The van der Waals surface area contributed by atoms with Gasteiger partial charge in [-0.3, -0.25) is 33.6 Å². The van der Waals surface area contributed by atoms with Crippen molar-refractivity contribution >= 4 is 41.4 Å². The first-order chi connectivity index (χ1) is 56.5. The third-order valence-corrected chi connectivity index (χ3v) is 22.3. The van der Waals surface area contributed by atoms with Crippen LogP contribution in [0.5, 0.6) is 11.5 Å². The number of hydrogen-bond acceptors (Lipinski definition) is 10. The fourth-order valence-corrected chi connectivity index (χ4v) is 15.6. The molecule has 1 aliphatic rings. The zero-order valence-electron chi connectivity index (χ0n) is 72.4. The van der Waals surface area contributed by atoms with Gasteiger partial charge in [-0.15, -0.1) is 0 Å². The molecule has 0 radical (unpaired) electrons. The van der Waals surface area contributed by atoms with Gasteiger partial charge in [0.05, 0.1) is 38.0 Å². The lowest BCUT2D eigenvalue weighted by Gasteiger charge is -2.32. The van der Waals surface area contributed by atoms with Gasteiger partial charge in [0.2, 0.25) is 41.4 Å². The van der Waals surface area contributed by atoms with E-state index in [0.29, 0.717) is 52.5 Å². The molecular weight excluding hydrogens is 1450 g/mol. The maximum atomic E-state index is 16.2. The summed E-state index contributed by atoms with van der Waals surface area (Å²) in [6, 6.07) is 35.7. The highest BCUT2D eigenvalue weighted by atomic mass is 16.5. The SMILES string of the molecule is CCCCCCCCCCCCCCCCCCCCCCOc1ccc(CN2CC(=O)N[C@@H](Cc3ccccc3)C(=O)N[C@@H](Cc3ccccc3)C(=O)NCC(=O)N[C@@H]([C@@H](C)OC(C)(C)C)C(=O)N[C@@H](Cc3ccccc3)C(=O)N[C@@H](Cc3ccccc3)C2=O)c(OCCCCCCCCCCCCCCCCCCCCCC)c1. The molecule has 642 valence electrons. The lowest BCUT2D eigenvalue weighted by atomic mass is 10.0. The molecule has 0 aromatic heterocycles. The molecule has 17 nitrogen and oxygen atoms in total. The fraction of sp³-hybridized carbons (Fsp3) is 0.626. The van der Waals surface area contributed by atoms with Crippen molar-refractivity contribution in [3.05, 3.63) is 167 Å². The van der Waals surface area contributed by atoms with Crippen LogP contribution in [0.4, 0.5) is 0 Å². The summed E-state index contributed by atoms with van der Waals surface area (Å²) in [5.74, 6) is -3.84. The van der Waals surface area contributed by atoms with E-state index in [1.165, 1.54) is 217 Å². The van der Waals surface area contributed by atoms with Gasteiger partial charge in [-0.1, -0.05) is 379 Å². The Balaban J connectivity index is 1.25. The van der Waals surface area contributed by atoms with E-state index in [0.717, 1.165) is 44.9 Å². The van der Waals surface area contributed by atoms with Crippen LogP contribution in [0, 0.1) is 0 Å². The number of ether oxygens (including phenoxy) is 3. The van der Waals surface area contributed by atoms with E-state index in [1.54, 1.807) is 6.92 Å². The van der Waals surface area contributed by atoms with Crippen molar-refractivity contribution in [1.82, 2.24) is 36.8 Å². The second-order valence-corrected chi connectivity index (χ2v) is 33.9. The maximum absolute atomic E-state index is 16.2. The molecule has 1 saturated heterocycles. The van der Waals surface area contributed by atoms with Crippen LogP contribution >= 0.6 is 0 Å². The molecule has 7 amide bonds. The zero-order valence-corrected chi connectivity index (χ0v) is 72.4. The van der Waals surface area contributed by atoms with Gasteiger partial charge >= 0.3 is 0 Å². The van der Waals surface area contributed by atoms with Crippen LogP contribution < -0.4 is 41.4 Å². The summed E-state index contributed by atoms with van der Waals surface area (Å²) in [6.45, 7) is 11.2. The van der Waals surface area contributed by atoms with Gasteiger partial charge in [0.1, 0.15) is 41.7 Å². The Morgan fingerprint density at radius 3 is 1.07 bits per heavy atom. The fourth-order valence-electron chi connectivity index (χ4n) is 15.6. The Hall–Kier alpha value is -8.05. The number of benzene rings is 5. The Morgan fingerprint density at radius 2 is 0.690 bits per heavy atom. The smallest absolute Gasteiger partial charge is 0.246 e. The summed E-state index contributed by atoms with van der Waals surface area (Å²) < 4.78 is 19.6. The molecular formula is C99H151N7O10. The number of nitrogens with one attached hydrogen (secondary N) is 6. The van der Waals surface area contributed by atoms with E-state index >= 15 is 24.0 Å². The molecule has 5 aromatic carbocycles. The summed E-state index contributed by atoms with van der Waals surface area (Å²) in [6.07, 6.45) is 50.6. The number of carbonyl (C=O) groups is 7. The molecule has 6 N–H and O–H groups in total. The summed E-state index contributed by atoms with van der Waals surface area (Å²) in [5, 5.41) is 17.4. The van der Waals surface area contributed by atoms with Gasteiger partial charge in [0.15, 0.2) is 0 Å². The molecule has 17 heteroatoms. The number of nitrogens with zero attached hydrogens (tertiary/aromatic N) is 1. The van der Waals surface area contributed by atoms with Crippen LogP contribution in [-0.4, -0.2) is 114 Å². The second kappa shape index (κ2) is 59.6. The first-order valence-electron chi connectivity index (χ1n) is 45.8. The van der Waals surface area contributed by atoms with Gasteiger partial charge in [-0.05, 0) is 74.9 Å². The minimum Gasteiger partial charge on any atom is -0.493 e. The number of hydrogen-bond donors (Lipinski definition) is 6. The Morgan fingerprint density at radius 1 is 0.362 bits per heavy atom. The van der Waals surface area contributed by atoms with Gasteiger partial charge < -0.3 is 51.0 Å². The van der Waals surface area contributed by atoms with Gasteiger partial charge in [0.25, 0.3) is 0 Å². The number of rotatable bonds is 56. The average molecular weight is 1600 g/mol. The molecule has 0 saturated carbocycles. The average Bonchev–Trinajstić information content (AvgIpc) is 1.10. The molecule has 6 atom stereocenters. The van der Waals surface area contributed by atoms with Gasteiger partial charge in [0, 0.05) is 43.9 Å². The van der Waals surface area contributed by atoms with Crippen molar-refractivity contribution in [2.24, 2.45) is 0 Å². The molecule has 1 fully saturated rings. The second-order valence-electron chi connectivity index (χ2n) is 33.9. The molecule has 6 rings (SSSR count). The van der Waals surface area contributed by atoms with Gasteiger partial charge in [-0.2, -0.15) is 0 Å². The number of carbonyl (C=O) groups excluding carboxylic acids is 7. The monoisotopic (exact) mass is 1600 g/mol. The van der Waals surface area contributed by atoms with E-state index < -0.39 is 96.4 Å². The minimum atomic E-state index is -1.41. The van der Waals surface area contributed by atoms with E-state index in [2.05, 4.69) is 45.7 Å². The summed E-state index contributed by atoms with van der Waals surface area (Å²) >= 11 is 0. The van der Waals surface area contributed by atoms with Crippen molar-refractivity contribution in [3.8, 4) is 11.5 Å². The quantitative estimate of drug-likeness (QED) is 0.0202. The molecule has 1 aliphatic heterocycles.